The Hall–Kier alpha value is -7.02. The van der Waals surface area contributed by atoms with E-state index in [-0.39, 0.29) is 102 Å². The van der Waals surface area contributed by atoms with E-state index < -0.39 is 78.8 Å². The Kier molecular flexibility index (Phi) is 21.1. The van der Waals surface area contributed by atoms with Crippen LogP contribution in [-0.2, 0) is 46.5 Å². The molecule has 2 atom stereocenters. The maximum absolute atomic E-state index is 13.7. The van der Waals surface area contributed by atoms with Crippen LogP contribution < -0.4 is 26.6 Å². The van der Waals surface area contributed by atoms with Gasteiger partial charge in [0.15, 0.2) is 0 Å². The number of hydrogen-bond acceptors (Lipinski definition) is 14. The predicted octanol–water partition coefficient (Wildman–Crippen LogP) is -0.403. The van der Waals surface area contributed by atoms with Crippen LogP contribution in [-0.4, -0.2) is 190 Å². The monoisotopic (exact) mass is 953 g/mol. The van der Waals surface area contributed by atoms with Gasteiger partial charge in [0.05, 0.1) is 37.6 Å². The second kappa shape index (κ2) is 26.8. The average Bonchev–Trinajstić information content (AvgIpc) is 3.75. The fourth-order valence-corrected chi connectivity index (χ4v) is 7.81. The van der Waals surface area contributed by atoms with Gasteiger partial charge in [-0.05, 0) is 47.7 Å². The van der Waals surface area contributed by atoms with Crippen molar-refractivity contribution in [3.63, 3.8) is 0 Å². The number of carboxylic acid groups (broad SMARTS) is 5. The lowest BCUT2D eigenvalue weighted by Gasteiger charge is -2.29. The first-order valence-electron chi connectivity index (χ1n) is 21.2. The molecule has 3 aromatic rings. The van der Waals surface area contributed by atoms with Crippen LogP contribution in [0, 0.1) is 0 Å². The van der Waals surface area contributed by atoms with E-state index in [1.54, 1.807) is 15.9 Å². The molecule has 2 aromatic carbocycles. The molecule has 1 aliphatic rings. The Morgan fingerprint density at radius 3 is 1.94 bits per heavy atom. The number of urea groups is 1. The Morgan fingerprint density at radius 2 is 1.28 bits per heavy atom. The number of fused-ring (bicyclic) bond motifs is 1. The molecule has 1 aliphatic heterocycles. The molecule has 0 aliphatic carbocycles. The topological polar surface area (TPSA) is 337 Å². The van der Waals surface area contributed by atoms with Gasteiger partial charge in [0.1, 0.15) is 24.3 Å². The van der Waals surface area contributed by atoms with Crippen molar-refractivity contribution < 1.29 is 68.7 Å². The van der Waals surface area contributed by atoms with Gasteiger partial charge in [-0.3, -0.25) is 53.3 Å². The predicted molar refractivity (Wildman–Crippen MR) is 242 cm³/mol. The maximum atomic E-state index is 13.7. The van der Waals surface area contributed by atoms with E-state index in [4.69, 9.17) is 5.11 Å². The lowest BCUT2D eigenvalue weighted by atomic mass is 10.0. The number of carboxylic acids is 5. The molecule has 4 rings (SSSR count). The quantitative estimate of drug-likeness (QED) is 0.0541. The molecule has 24 heteroatoms. The maximum Gasteiger partial charge on any atom is 0.326 e. The molecule has 0 saturated heterocycles. The summed E-state index contributed by atoms with van der Waals surface area (Å²) in [6.45, 7) is -1.31. The van der Waals surface area contributed by atoms with Crippen molar-refractivity contribution >= 4 is 81.4 Å². The highest BCUT2D eigenvalue weighted by Crippen LogP contribution is 2.19. The minimum atomic E-state index is -1.32. The number of amides is 5. The van der Waals surface area contributed by atoms with Gasteiger partial charge in [-0.2, -0.15) is 0 Å². The van der Waals surface area contributed by atoms with Crippen LogP contribution in [0.15, 0.2) is 59.6 Å². The van der Waals surface area contributed by atoms with E-state index in [1.165, 1.54) is 11.0 Å². The molecule has 0 spiro atoms. The highest BCUT2D eigenvalue weighted by molar-refractivity contribution is 7.14. The first-order valence-corrected chi connectivity index (χ1v) is 22.0. The fraction of sp³-hybridized carbons (Fsp3) is 0.442. The van der Waals surface area contributed by atoms with Crippen LogP contribution in [0.3, 0.4) is 0 Å². The van der Waals surface area contributed by atoms with Gasteiger partial charge in [-0.1, -0.05) is 42.5 Å². The Morgan fingerprint density at radius 1 is 0.642 bits per heavy atom. The zero-order valence-electron chi connectivity index (χ0n) is 36.5. The summed E-state index contributed by atoms with van der Waals surface area (Å²) in [6.07, 6.45) is 0.673. The Bertz CT molecular complexity index is 2290. The van der Waals surface area contributed by atoms with E-state index in [1.807, 2.05) is 47.8 Å². The largest absolute Gasteiger partial charge is 0.480 e. The lowest BCUT2D eigenvalue weighted by molar-refractivity contribution is -0.140. The summed E-state index contributed by atoms with van der Waals surface area (Å²) in [5.74, 6) is -7.73. The van der Waals surface area contributed by atoms with Crippen LogP contribution in [0.25, 0.3) is 10.8 Å². The Labute approximate surface area is 388 Å². The number of nitrogens with one attached hydrogen (secondary N) is 5. The standard InChI is InChI=1S/C43H55N9O14S/c53-35(54)22-47-43(66)49-31(42(64)65)7-3-4-12-45-39(61)32(20-27-8-9-28-5-1-2-6-29(28)19-27)48-41(63)34-11-10-30(67-34)21-46-40(62)33-23-52(26-38(59)60)18-17-51(25-37(57)58)16-15-50(14-13-44-33)24-36(55)56/h1-2,5-6,8-11,19,31-32H,3-4,7,12-18,20-26H2,(H,45,61)(H,46,62)(H,48,63)(H,53,54)(H,55,56)(H,57,58)(H,59,60)(H,64,65)(H2,47,49,66)/b44-33-. The fourth-order valence-electron chi connectivity index (χ4n) is 6.96. The van der Waals surface area contributed by atoms with E-state index in [2.05, 4.69) is 26.3 Å². The third kappa shape index (κ3) is 19.2. The van der Waals surface area contributed by atoms with Gasteiger partial charge in [0, 0.05) is 57.1 Å². The molecule has 2 unspecified atom stereocenters. The second-order valence-corrected chi connectivity index (χ2v) is 16.7. The number of benzene rings is 2. The van der Waals surface area contributed by atoms with Gasteiger partial charge in [-0.25, -0.2) is 9.59 Å². The van der Waals surface area contributed by atoms with E-state index in [9.17, 15) is 63.6 Å². The molecule has 0 fully saturated rings. The summed E-state index contributed by atoms with van der Waals surface area (Å²) in [6, 6.07) is 13.1. The molecule has 2 heterocycles. The number of carbonyl (C=O) groups is 9. The summed E-state index contributed by atoms with van der Waals surface area (Å²) in [5, 5.41) is 61.2. The number of aliphatic imine (C=N–C) groups is 1. The molecule has 67 heavy (non-hydrogen) atoms. The number of aliphatic carboxylic acids is 5. The minimum absolute atomic E-state index is 0.00647. The van der Waals surface area contributed by atoms with Crippen molar-refractivity contribution in [2.45, 2.75) is 44.3 Å². The summed E-state index contributed by atoms with van der Waals surface area (Å²) >= 11 is 1.05. The molecular formula is C43H55N9O14S. The number of rotatable bonds is 23. The van der Waals surface area contributed by atoms with Gasteiger partial charge >= 0.3 is 35.9 Å². The zero-order valence-corrected chi connectivity index (χ0v) is 37.3. The molecule has 1 aromatic heterocycles. The molecule has 23 nitrogen and oxygen atoms in total. The average molecular weight is 954 g/mol. The van der Waals surface area contributed by atoms with Crippen LogP contribution in [0.2, 0.25) is 0 Å². The third-order valence-corrected chi connectivity index (χ3v) is 11.4. The number of nitrogens with zero attached hydrogens (tertiary/aromatic N) is 4. The minimum Gasteiger partial charge on any atom is -0.480 e. The second-order valence-electron chi connectivity index (χ2n) is 15.5. The zero-order chi connectivity index (χ0) is 48.9. The van der Waals surface area contributed by atoms with Crippen molar-refractivity contribution in [1.29, 1.82) is 0 Å². The van der Waals surface area contributed by atoms with Gasteiger partial charge < -0.3 is 52.1 Å². The smallest absolute Gasteiger partial charge is 0.326 e. The summed E-state index contributed by atoms with van der Waals surface area (Å²) in [4.78, 5) is 120. The summed E-state index contributed by atoms with van der Waals surface area (Å²) in [5.41, 5.74) is 0.728. The number of hydrogen-bond donors (Lipinski definition) is 10. The van der Waals surface area contributed by atoms with Crippen LogP contribution in [0.4, 0.5) is 4.79 Å². The Balaban J connectivity index is 1.42. The van der Waals surface area contributed by atoms with Crippen molar-refractivity contribution in [1.82, 2.24) is 41.3 Å². The van der Waals surface area contributed by atoms with Crippen LogP contribution in [0.5, 0.6) is 0 Å². The molecule has 362 valence electrons. The number of thiophene rings is 1. The number of unbranched alkanes of at least 4 members (excludes halogenated alkanes) is 1. The van der Waals surface area contributed by atoms with Crippen LogP contribution in [0.1, 0.15) is 39.4 Å². The van der Waals surface area contributed by atoms with Gasteiger partial charge in [-0.15, -0.1) is 11.3 Å². The molecule has 0 saturated carbocycles. The number of carbonyl (C=O) groups excluding carboxylic acids is 4. The SMILES string of the molecule is O=C(O)CNC(=O)NC(CCCCNC(=O)C(Cc1ccc2ccccc2c1)NC(=O)c1ccc(CNC(=O)/C2=N\CCN(CC(=O)O)CCN(CC(=O)O)CCN(CC(=O)O)C2)s1)C(=O)O. The van der Waals surface area contributed by atoms with Crippen molar-refractivity contribution in [2.75, 3.05) is 78.5 Å². The van der Waals surface area contributed by atoms with Crippen molar-refractivity contribution in [3.05, 3.63) is 69.9 Å². The van der Waals surface area contributed by atoms with Crippen molar-refractivity contribution in [2.24, 2.45) is 4.99 Å². The van der Waals surface area contributed by atoms with E-state index in [0.29, 0.717) is 11.3 Å². The van der Waals surface area contributed by atoms with Gasteiger partial charge in [0.2, 0.25) is 5.91 Å². The molecular weight excluding hydrogens is 899 g/mol. The van der Waals surface area contributed by atoms with Crippen molar-refractivity contribution in [3.8, 4) is 0 Å². The molecule has 5 amide bonds. The summed E-state index contributed by atoms with van der Waals surface area (Å²) in [7, 11) is 0. The highest BCUT2D eigenvalue weighted by Gasteiger charge is 2.25. The first-order chi connectivity index (χ1) is 31.9. The molecule has 0 bridgehead atoms. The lowest BCUT2D eigenvalue weighted by Crippen LogP contribution is -2.48. The summed E-state index contributed by atoms with van der Waals surface area (Å²) < 4.78 is 0. The van der Waals surface area contributed by atoms with Crippen LogP contribution >= 0.6 is 11.3 Å². The van der Waals surface area contributed by atoms with E-state index >= 15 is 0 Å². The van der Waals surface area contributed by atoms with E-state index in [0.717, 1.165) is 27.7 Å². The van der Waals surface area contributed by atoms with Gasteiger partial charge in [0.25, 0.3) is 11.8 Å². The third-order valence-electron chi connectivity index (χ3n) is 10.3. The molecule has 10 N–H and O–H groups in total. The molecule has 0 radical (unpaired) electrons. The highest BCUT2D eigenvalue weighted by atomic mass is 32.1. The first kappa shape index (κ1) is 52.6. The normalized spacial score (nSPS) is 15.9.